The minimum atomic E-state index is 0.170. The van der Waals surface area contributed by atoms with Crippen molar-refractivity contribution in [3.8, 4) is 0 Å². The van der Waals surface area contributed by atoms with E-state index in [1.54, 1.807) is 11.8 Å². The largest absolute Gasteiger partial charge is 0.355 e. The van der Waals surface area contributed by atoms with Crippen LogP contribution in [0.5, 0.6) is 0 Å². The maximum atomic E-state index is 11.7. The van der Waals surface area contributed by atoms with Gasteiger partial charge in [0.05, 0.1) is 5.92 Å². The quantitative estimate of drug-likeness (QED) is 0.727. The molecule has 1 aliphatic rings. The monoisotopic (exact) mass is 216 g/mol. The van der Waals surface area contributed by atoms with Gasteiger partial charge in [-0.15, -0.1) is 0 Å². The number of thioether (sulfide) groups is 1. The highest BCUT2D eigenvalue weighted by molar-refractivity contribution is 7.99. The summed E-state index contributed by atoms with van der Waals surface area (Å²) in [4.78, 5) is 11.7. The van der Waals surface area contributed by atoms with Gasteiger partial charge in [-0.25, -0.2) is 0 Å². The van der Waals surface area contributed by atoms with E-state index in [0.717, 1.165) is 19.6 Å². The summed E-state index contributed by atoms with van der Waals surface area (Å²) in [6.07, 6.45) is 2.07. The average molecular weight is 216 g/mol. The van der Waals surface area contributed by atoms with Gasteiger partial charge in [-0.1, -0.05) is 13.8 Å². The first-order valence-electron chi connectivity index (χ1n) is 5.16. The average Bonchev–Trinajstić information content (AvgIpc) is 2.60. The Morgan fingerprint density at radius 1 is 1.64 bits per heavy atom. The van der Waals surface area contributed by atoms with Gasteiger partial charge in [-0.05, 0) is 18.7 Å². The fourth-order valence-corrected chi connectivity index (χ4v) is 1.87. The van der Waals surface area contributed by atoms with Gasteiger partial charge in [0, 0.05) is 18.3 Å². The summed E-state index contributed by atoms with van der Waals surface area (Å²) in [7, 11) is 0. The molecule has 0 spiro atoms. The zero-order chi connectivity index (χ0) is 10.6. The van der Waals surface area contributed by atoms with Crippen LogP contribution in [0.4, 0.5) is 0 Å². The first kappa shape index (κ1) is 11.9. The molecule has 1 saturated heterocycles. The zero-order valence-corrected chi connectivity index (χ0v) is 9.99. The van der Waals surface area contributed by atoms with Gasteiger partial charge in [0.25, 0.3) is 0 Å². The van der Waals surface area contributed by atoms with E-state index >= 15 is 0 Å². The standard InChI is InChI=1S/C10H20N2OS/c1-7-4-11-6-9(7)10(13)12-5-8(2)14-3/h7-9,11H,4-6H2,1-3H3,(H,12,13). The molecule has 1 fully saturated rings. The van der Waals surface area contributed by atoms with Crippen LogP contribution in [-0.2, 0) is 4.79 Å². The molecule has 3 unspecified atom stereocenters. The van der Waals surface area contributed by atoms with Crippen LogP contribution >= 0.6 is 11.8 Å². The number of carbonyl (C=O) groups excluding carboxylic acids is 1. The number of rotatable bonds is 4. The summed E-state index contributed by atoms with van der Waals surface area (Å²) in [6, 6.07) is 0. The Kier molecular flexibility index (Phi) is 4.75. The molecule has 0 bridgehead atoms. The molecule has 1 amide bonds. The van der Waals surface area contributed by atoms with Crippen molar-refractivity contribution in [3.05, 3.63) is 0 Å². The van der Waals surface area contributed by atoms with Crippen LogP contribution < -0.4 is 10.6 Å². The summed E-state index contributed by atoms with van der Waals surface area (Å²) in [5, 5.41) is 6.75. The van der Waals surface area contributed by atoms with Crippen LogP contribution in [0.2, 0.25) is 0 Å². The van der Waals surface area contributed by atoms with Crippen LogP contribution in [0.15, 0.2) is 0 Å². The molecule has 0 aromatic carbocycles. The topological polar surface area (TPSA) is 41.1 Å². The van der Waals surface area contributed by atoms with Crippen molar-refractivity contribution < 1.29 is 4.79 Å². The highest BCUT2D eigenvalue weighted by atomic mass is 32.2. The smallest absolute Gasteiger partial charge is 0.224 e. The van der Waals surface area contributed by atoms with Gasteiger partial charge in [-0.2, -0.15) is 11.8 Å². The predicted molar refractivity (Wildman–Crippen MR) is 61.5 cm³/mol. The lowest BCUT2D eigenvalue weighted by molar-refractivity contribution is -0.125. The Hall–Kier alpha value is -0.220. The minimum Gasteiger partial charge on any atom is -0.355 e. The van der Waals surface area contributed by atoms with Gasteiger partial charge >= 0.3 is 0 Å². The first-order chi connectivity index (χ1) is 6.65. The van der Waals surface area contributed by atoms with E-state index < -0.39 is 0 Å². The Bertz CT molecular complexity index is 199. The van der Waals surface area contributed by atoms with Crippen molar-refractivity contribution in [1.82, 2.24) is 10.6 Å². The van der Waals surface area contributed by atoms with Crippen LogP contribution in [0.3, 0.4) is 0 Å². The predicted octanol–water partition coefficient (Wildman–Crippen LogP) is 0.710. The zero-order valence-electron chi connectivity index (χ0n) is 9.17. The molecule has 0 aliphatic carbocycles. The van der Waals surface area contributed by atoms with Crippen molar-refractivity contribution in [1.29, 1.82) is 0 Å². The molecule has 82 valence electrons. The lowest BCUT2D eigenvalue weighted by Gasteiger charge is -2.16. The maximum Gasteiger partial charge on any atom is 0.224 e. The van der Waals surface area contributed by atoms with Gasteiger partial charge < -0.3 is 10.6 Å². The van der Waals surface area contributed by atoms with Crippen LogP contribution in [0.25, 0.3) is 0 Å². The van der Waals surface area contributed by atoms with Gasteiger partial charge in [0.2, 0.25) is 5.91 Å². The lowest BCUT2D eigenvalue weighted by atomic mass is 9.97. The van der Waals surface area contributed by atoms with Crippen LogP contribution in [-0.4, -0.2) is 37.0 Å². The first-order valence-corrected chi connectivity index (χ1v) is 6.45. The SMILES string of the molecule is CSC(C)CNC(=O)C1CNCC1C. The number of hydrogen-bond acceptors (Lipinski definition) is 3. The Morgan fingerprint density at radius 3 is 2.86 bits per heavy atom. The molecule has 0 aromatic rings. The van der Waals surface area contributed by atoms with E-state index in [1.807, 2.05) is 0 Å². The number of carbonyl (C=O) groups is 1. The third-order valence-corrected chi connectivity index (χ3v) is 3.79. The number of nitrogens with one attached hydrogen (secondary N) is 2. The molecular formula is C10H20N2OS. The molecular weight excluding hydrogens is 196 g/mol. The summed E-state index contributed by atoms with van der Waals surface area (Å²) in [6.45, 7) is 6.84. The van der Waals surface area contributed by atoms with Gasteiger partial charge in [0.1, 0.15) is 0 Å². The molecule has 0 saturated carbocycles. The number of amides is 1. The second-order valence-electron chi connectivity index (χ2n) is 4.03. The fourth-order valence-electron chi connectivity index (χ4n) is 1.62. The van der Waals surface area contributed by atoms with Crippen molar-refractivity contribution in [2.24, 2.45) is 11.8 Å². The Labute approximate surface area is 90.4 Å². The van der Waals surface area contributed by atoms with Crippen molar-refractivity contribution in [2.75, 3.05) is 25.9 Å². The molecule has 1 rings (SSSR count). The minimum absolute atomic E-state index is 0.170. The maximum absolute atomic E-state index is 11.7. The molecule has 0 radical (unpaired) electrons. The second kappa shape index (κ2) is 5.61. The Balaban J connectivity index is 2.27. The highest BCUT2D eigenvalue weighted by Crippen LogP contribution is 2.15. The number of hydrogen-bond donors (Lipinski definition) is 2. The third kappa shape index (κ3) is 3.17. The Morgan fingerprint density at radius 2 is 2.36 bits per heavy atom. The second-order valence-corrected chi connectivity index (χ2v) is 5.31. The van der Waals surface area contributed by atoms with E-state index in [0.29, 0.717) is 11.2 Å². The fraction of sp³-hybridized carbons (Fsp3) is 0.900. The van der Waals surface area contributed by atoms with Gasteiger partial charge in [0.15, 0.2) is 0 Å². The molecule has 4 heteroatoms. The van der Waals surface area contributed by atoms with E-state index in [9.17, 15) is 4.79 Å². The van der Waals surface area contributed by atoms with E-state index in [4.69, 9.17) is 0 Å². The normalized spacial score (nSPS) is 28.8. The van der Waals surface area contributed by atoms with E-state index in [1.165, 1.54) is 0 Å². The lowest BCUT2D eigenvalue weighted by Crippen LogP contribution is -2.37. The van der Waals surface area contributed by atoms with Gasteiger partial charge in [-0.3, -0.25) is 4.79 Å². The summed E-state index contributed by atoms with van der Waals surface area (Å²) < 4.78 is 0. The van der Waals surface area contributed by atoms with Crippen LogP contribution in [0, 0.1) is 11.8 Å². The van der Waals surface area contributed by atoms with E-state index in [-0.39, 0.29) is 11.8 Å². The highest BCUT2D eigenvalue weighted by Gasteiger charge is 2.29. The molecule has 3 atom stereocenters. The summed E-state index contributed by atoms with van der Waals surface area (Å²) in [5.41, 5.74) is 0. The van der Waals surface area contributed by atoms with E-state index in [2.05, 4.69) is 30.7 Å². The van der Waals surface area contributed by atoms with Crippen molar-refractivity contribution in [2.45, 2.75) is 19.1 Å². The molecule has 14 heavy (non-hydrogen) atoms. The summed E-state index contributed by atoms with van der Waals surface area (Å²) >= 11 is 1.78. The summed E-state index contributed by atoms with van der Waals surface area (Å²) in [5.74, 6) is 0.854. The molecule has 3 nitrogen and oxygen atoms in total. The van der Waals surface area contributed by atoms with Crippen molar-refractivity contribution in [3.63, 3.8) is 0 Å². The van der Waals surface area contributed by atoms with Crippen LogP contribution in [0.1, 0.15) is 13.8 Å². The molecule has 1 heterocycles. The molecule has 1 aliphatic heterocycles. The molecule has 2 N–H and O–H groups in total. The molecule has 0 aromatic heterocycles. The third-order valence-electron chi connectivity index (χ3n) is 2.82. The van der Waals surface area contributed by atoms with Crippen molar-refractivity contribution >= 4 is 17.7 Å².